The van der Waals surface area contributed by atoms with Gasteiger partial charge in [0.05, 0.1) is 6.61 Å². The number of pyridine rings is 1. The van der Waals surface area contributed by atoms with Gasteiger partial charge in [0.2, 0.25) is 0 Å². The van der Waals surface area contributed by atoms with Gasteiger partial charge in [-0.15, -0.1) is 0 Å². The van der Waals surface area contributed by atoms with Gasteiger partial charge in [0.25, 0.3) is 0 Å². The number of aryl methyl sites for hydroxylation is 2. The van der Waals surface area contributed by atoms with Crippen LogP contribution in [0.3, 0.4) is 0 Å². The highest BCUT2D eigenvalue weighted by atomic mass is 19.1. The van der Waals surface area contributed by atoms with E-state index < -0.39 is 0 Å². The van der Waals surface area contributed by atoms with Gasteiger partial charge in [0.15, 0.2) is 0 Å². The lowest BCUT2D eigenvalue weighted by Crippen LogP contribution is -2.38. The van der Waals surface area contributed by atoms with Crippen LogP contribution >= 0.6 is 0 Å². The quantitative estimate of drug-likeness (QED) is 0.651. The molecule has 0 spiro atoms. The Hall–Kier alpha value is -1.78. The molecule has 1 aromatic heterocycles. The number of hydrogen-bond acceptors (Lipinski definition) is 3. The molecule has 1 aromatic carbocycles. The van der Waals surface area contributed by atoms with Crippen LogP contribution in [0.2, 0.25) is 0 Å². The molecule has 150 valence electrons. The molecule has 1 atom stereocenters. The van der Waals surface area contributed by atoms with Crippen LogP contribution in [0.4, 0.5) is 4.39 Å². The van der Waals surface area contributed by atoms with E-state index in [1.807, 2.05) is 19.1 Å². The molecule has 0 amide bonds. The van der Waals surface area contributed by atoms with Gasteiger partial charge in [0.1, 0.15) is 5.82 Å². The molecule has 2 fully saturated rings. The van der Waals surface area contributed by atoms with Crippen molar-refractivity contribution in [2.45, 2.75) is 51.5 Å². The summed E-state index contributed by atoms with van der Waals surface area (Å²) in [7, 11) is 0. The first-order valence-corrected chi connectivity index (χ1v) is 10.6. The summed E-state index contributed by atoms with van der Waals surface area (Å²) in [6.45, 7) is 7.86. The van der Waals surface area contributed by atoms with E-state index in [1.54, 1.807) is 12.1 Å². The largest absolute Gasteiger partial charge is 0.381 e. The maximum absolute atomic E-state index is 13.2. The van der Waals surface area contributed by atoms with Gasteiger partial charge in [-0.3, -0.25) is 9.88 Å². The van der Waals surface area contributed by atoms with E-state index in [1.165, 1.54) is 24.0 Å². The Kier molecular flexibility index (Phi) is 5.52. The molecule has 4 rings (SSSR count). The second kappa shape index (κ2) is 7.92. The third kappa shape index (κ3) is 3.99. The molecule has 1 aliphatic heterocycles. The average molecular weight is 383 g/mol. The number of rotatable bonds is 8. The molecule has 4 heteroatoms. The first kappa shape index (κ1) is 19.5. The summed E-state index contributed by atoms with van der Waals surface area (Å²) in [6, 6.07) is 11.3. The predicted octanol–water partition coefficient (Wildman–Crippen LogP) is 4.88. The number of hydrogen-bond donors (Lipinski definition) is 0. The Morgan fingerprint density at radius 3 is 2.54 bits per heavy atom. The van der Waals surface area contributed by atoms with Gasteiger partial charge in [0, 0.05) is 36.0 Å². The van der Waals surface area contributed by atoms with Crippen LogP contribution in [-0.2, 0) is 16.7 Å². The molecule has 0 N–H and O–H groups in total. The molecule has 0 unspecified atom stereocenters. The van der Waals surface area contributed by atoms with Crippen LogP contribution in [0, 0.1) is 18.2 Å². The van der Waals surface area contributed by atoms with E-state index in [-0.39, 0.29) is 16.8 Å². The number of nitrogens with zero attached hydrogens (tertiary/aromatic N) is 2. The molecule has 28 heavy (non-hydrogen) atoms. The predicted molar refractivity (Wildman–Crippen MR) is 110 cm³/mol. The maximum Gasteiger partial charge on any atom is 0.123 e. The Morgan fingerprint density at radius 2 is 1.89 bits per heavy atom. The minimum Gasteiger partial charge on any atom is -0.381 e. The van der Waals surface area contributed by atoms with E-state index in [2.05, 4.69) is 35.1 Å². The van der Waals surface area contributed by atoms with Crippen LogP contribution in [0.15, 0.2) is 42.6 Å². The summed E-state index contributed by atoms with van der Waals surface area (Å²) in [6.07, 6.45) is 7.73. The molecule has 1 saturated carbocycles. The van der Waals surface area contributed by atoms with E-state index >= 15 is 0 Å². The molecule has 1 aliphatic carbocycles. The first-order valence-electron chi connectivity index (χ1n) is 10.6. The summed E-state index contributed by atoms with van der Waals surface area (Å²) in [5, 5.41) is 0. The highest BCUT2D eigenvalue weighted by Gasteiger charge is 2.54. The highest BCUT2D eigenvalue weighted by Crippen LogP contribution is 2.54. The summed E-state index contributed by atoms with van der Waals surface area (Å²) in [4.78, 5) is 7.23. The summed E-state index contributed by atoms with van der Waals surface area (Å²) in [5.41, 5.74) is 4.01. The molecule has 1 saturated heterocycles. The topological polar surface area (TPSA) is 25.4 Å². The van der Waals surface area contributed by atoms with Crippen molar-refractivity contribution in [1.29, 1.82) is 0 Å². The normalized spacial score (nSPS) is 23.8. The SMILES string of the molecule is CCOC[C@]1(CCc2ccc(F)cc2)CCN(C2(c3ccc(C)nc3)CC2)C1. The Balaban J connectivity index is 1.47. The smallest absolute Gasteiger partial charge is 0.123 e. The minimum atomic E-state index is -0.165. The molecule has 0 radical (unpaired) electrons. The van der Waals surface area contributed by atoms with Gasteiger partial charge in [-0.2, -0.15) is 0 Å². The van der Waals surface area contributed by atoms with Gasteiger partial charge < -0.3 is 4.74 Å². The van der Waals surface area contributed by atoms with Crippen molar-refractivity contribution < 1.29 is 9.13 Å². The number of halogens is 1. The van der Waals surface area contributed by atoms with Crippen molar-refractivity contribution in [2.24, 2.45) is 5.41 Å². The maximum atomic E-state index is 13.2. The number of likely N-dealkylation sites (tertiary alicyclic amines) is 1. The van der Waals surface area contributed by atoms with Gasteiger partial charge in [-0.25, -0.2) is 4.39 Å². The van der Waals surface area contributed by atoms with Crippen molar-refractivity contribution in [3.05, 3.63) is 65.2 Å². The van der Waals surface area contributed by atoms with Gasteiger partial charge in [-0.1, -0.05) is 18.2 Å². The lowest BCUT2D eigenvalue weighted by Gasteiger charge is -2.33. The van der Waals surface area contributed by atoms with Crippen LogP contribution in [0.25, 0.3) is 0 Å². The average Bonchev–Trinajstić information content (AvgIpc) is 3.41. The molecule has 2 heterocycles. The summed E-state index contributed by atoms with van der Waals surface area (Å²) >= 11 is 0. The minimum absolute atomic E-state index is 0.165. The second-order valence-corrected chi connectivity index (χ2v) is 8.65. The number of benzene rings is 1. The molecule has 3 nitrogen and oxygen atoms in total. The Bertz CT molecular complexity index is 785. The Labute approximate surface area is 167 Å². The molecule has 2 aliphatic rings. The van der Waals surface area contributed by atoms with Gasteiger partial charge >= 0.3 is 0 Å². The van der Waals surface area contributed by atoms with E-state index in [0.29, 0.717) is 0 Å². The number of aromatic nitrogens is 1. The summed E-state index contributed by atoms with van der Waals surface area (Å²) < 4.78 is 19.1. The molecular formula is C24H31FN2O. The van der Waals surface area contributed by atoms with Crippen molar-refractivity contribution in [1.82, 2.24) is 9.88 Å². The monoisotopic (exact) mass is 382 g/mol. The zero-order valence-corrected chi connectivity index (χ0v) is 17.1. The molecule has 0 bridgehead atoms. The fraction of sp³-hybridized carbons (Fsp3) is 0.542. The zero-order valence-electron chi connectivity index (χ0n) is 17.1. The highest BCUT2D eigenvalue weighted by molar-refractivity contribution is 5.30. The first-order chi connectivity index (χ1) is 13.6. The van der Waals surface area contributed by atoms with Crippen molar-refractivity contribution in [3.63, 3.8) is 0 Å². The molecular weight excluding hydrogens is 351 g/mol. The van der Waals surface area contributed by atoms with Crippen molar-refractivity contribution in [2.75, 3.05) is 26.3 Å². The van der Waals surface area contributed by atoms with E-state index in [4.69, 9.17) is 4.74 Å². The van der Waals surface area contributed by atoms with Crippen LogP contribution in [0.5, 0.6) is 0 Å². The van der Waals surface area contributed by atoms with E-state index in [0.717, 1.165) is 51.3 Å². The van der Waals surface area contributed by atoms with Crippen molar-refractivity contribution in [3.8, 4) is 0 Å². The van der Waals surface area contributed by atoms with Crippen LogP contribution < -0.4 is 0 Å². The zero-order chi connectivity index (χ0) is 19.6. The molecule has 2 aromatic rings. The third-order valence-electron chi connectivity index (χ3n) is 6.69. The number of ether oxygens (including phenoxy) is 1. The fourth-order valence-electron chi connectivity index (χ4n) is 4.72. The lowest BCUT2D eigenvalue weighted by molar-refractivity contribution is 0.0443. The lowest BCUT2D eigenvalue weighted by atomic mass is 9.82. The van der Waals surface area contributed by atoms with E-state index in [9.17, 15) is 4.39 Å². The standard InChI is InChI=1S/C24H31FN2O/c1-3-28-18-23(11-10-20-5-8-22(25)9-6-20)14-15-27(17-23)24(12-13-24)21-7-4-19(2)26-16-21/h4-9,16H,3,10-15,17-18H2,1-2H3/t23-/m1/s1. The second-order valence-electron chi connectivity index (χ2n) is 8.65. The van der Waals surface area contributed by atoms with Gasteiger partial charge in [-0.05, 0) is 81.8 Å². The van der Waals surface area contributed by atoms with Crippen molar-refractivity contribution >= 4 is 0 Å². The van der Waals surface area contributed by atoms with Crippen LogP contribution in [0.1, 0.15) is 49.4 Å². The third-order valence-corrected chi connectivity index (χ3v) is 6.69. The van der Waals surface area contributed by atoms with Crippen LogP contribution in [-0.4, -0.2) is 36.2 Å². The summed E-state index contributed by atoms with van der Waals surface area (Å²) in [5.74, 6) is -0.165. The fourth-order valence-corrected chi connectivity index (χ4v) is 4.72. The Morgan fingerprint density at radius 1 is 1.11 bits per heavy atom.